The van der Waals surface area contributed by atoms with Gasteiger partial charge in [-0.25, -0.2) is 0 Å². The molecule has 2 N–H and O–H groups in total. The summed E-state index contributed by atoms with van der Waals surface area (Å²) < 4.78 is 5.65. The van der Waals surface area contributed by atoms with Crippen LogP contribution in [-0.4, -0.2) is 37.5 Å². The van der Waals surface area contributed by atoms with Crippen molar-refractivity contribution in [3.05, 3.63) is 46.5 Å². The molecule has 0 saturated carbocycles. The fraction of sp³-hybridized carbons (Fsp3) is 0.471. The monoisotopic (exact) mass is 460 g/mol. The van der Waals surface area contributed by atoms with Crippen LogP contribution in [-0.2, 0) is 6.54 Å². The molecule has 0 bridgehead atoms. The maximum atomic E-state index is 5.65. The van der Waals surface area contributed by atoms with Gasteiger partial charge in [0.05, 0.1) is 12.3 Å². The van der Waals surface area contributed by atoms with Gasteiger partial charge in [0, 0.05) is 20.1 Å². The zero-order valence-electron chi connectivity index (χ0n) is 13.9. The Labute approximate surface area is 164 Å². The van der Waals surface area contributed by atoms with Crippen molar-refractivity contribution in [3.63, 3.8) is 0 Å². The molecule has 7 heteroatoms. The van der Waals surface area contributed by atoms with E-state index in [2.05, 4.69) is 43.4 Å². The first-order chi connectivity index (χ1) is 11.4. The number of furan rings is 1. The Morgan fingerprint density at radius 1 is 1.33 bits per heavy atom. The minimum absolute atomic E-state index is 0. The second-order valence-electron chi connectivity index (χ2n) is 5.71. The minimum Gasteiger partial charge on any atom is -0.468 e. The number of hydrogen-bond acceptors (Lipinski definition) is 4. The number of guanidine groups is 1. The molecule has 5 nitrogen and oxygen atoms in total. The molecule has 0 aromatic carbocycles. The molecule has 0 amide bonds. The van der Waals surface area contributed by atoms with E-state index in [-0.39, 0.29) is 30.0 Å². The van der Waals surface area contributed by atoms with Gasteiger partial charge >= 0.3 is 0 Å². The molecule has 24 heavy (non-hydrogen) atoms. The largest absolute Gasteiger partial charge is 0.468 e. The standard InChI is InChI=1S/C17H24N4OS.HI/c1-18-17(19-11-14-6-10-23-13-14)20-12-15(16-5-4-9-22-16)21-7-2-3-8-21;/h4-6,9-10,13,15H,2-3,7-8,11-12H2,1H3,(H2,18,19,20);1H. The summed E-state index contributed by atoms with van der Waals surface area (Å²) in [6, 6.07) is 6.40. The van der Waals surface area contributed by atoms with Gasteiger partial charge in [-0.15, -0.1) is 24.0 Å². The van der Waals surface area contributed by atoms with Crippen LogP contribution in [0.4, 0.5) is 0 Å². The van der Waals surface area contributed by atoms with Crippen molar-refractivity contribution in [1.29, 1.82) is 0 Å². The van der Waals surface area contributed by atoms with Gasteiger partial charge in [0.25, 0.3) is 0 Å². The van der Waals surface area contributed by atoms with E-state index in [1.165, 1.54) is 18.4 Å². The maximum Gasteiger partial charge on any atom is 0.191 e. The molecule has 1 aliphatic heterocycles. The number of rotatable bonds is 6. The summed E-state index contributed by atoms with van der Waals surface area (Å²) in [7, 11) is 1.81. The predicted octanol–water partition coefficient (Wildman–Crippen LogP) is 3.46. The first-order valence-corrected chi connectivity index (χ1v) is 9.04. The molecule has 1 fully saturated rings. The predicted molar refractivity (Wildman–Crippen MR) is 110 cm³/mol. The number of likely N-dealkylation sites (tertiary alicyclic amines) is 1. The Morgan fingerprint density at radius 2 is 2.17 bits per heavy atom. The second kappa shape index (κ2) is 10.0. The zero-order valence-corrected chi connectivity index (χ0v) is 17.1. The third-order valence-electron chi connectivity index (χ3n) is 4.18. The Morgan fingerprint density at radius 3 is 2.79 bits per heavy atom. The summed E-state index contributed by atoms with van der Waals surface area (Å²) in [5.74, 6) is 1.85. The van der Waals surface area contributed by atoms with Crippen LogP contribution in [0.25, 0.3) is 0 Å². The fourth-order valence-electron chi connectivity index (χ4n) is 2.94. The lowest BCUT2D eigenvalue weighted by molar-refractivity contribution is 0.215. The van der Waals surface area contributed by atoms with Crippen molar-refractivity contribution >= 4 is 41.3 Å². The van der Waals surface area contributed by atoms with E-state index in [0.29, 0.717) is 0 Å². The van der Waals surface area contributed by atoms with Crippen LogP contribution in [0.3, 0.4) is 0 Å². The summed E-state index contributed by atoms with van der Waals surface area (Å²) in [5.41, 5.74) is 1.28. The molecule has 3 rings (SSSR count). The quantitative estimate of drug-likeness (QED) is 0.394. The minimum atomic E-state index is 0. The second-order valence-corrected chi connectivity index (χ2v) is 6.49. The number of nitrogens with one attached hydrogen (secondary N) is 2. The van der Waals surface area contributed by atoms with Crippen molar-refractivity contribution in [2.75, 3.05) is 26.7 Å². The number of aliphatic imine (C=N–C) groups is 1. The molecule has 2 aromatic rings. The zero-order chi connectivity index (χ0) is 15.9. The molecule has 0 radical (unpaired) electrons. The molecular formula is C17H25IN4OS. The lowest BCUT2D eigenvalue weighted by Crippen LogP contribution is -2.42. The number of thiophene rings is 1. The van der Waals surface area contributed by atoms with E-state index in [1.807, 2.05) is 6.07 Å². The van der Waals surface area contributed by atoms with Crippen molar-refractivity contribution in [3.8, 4) is 0 Å². The van der Waals surface area contributed by atoms with Gasteiger partial charge in [-0.1, -0.05) is 0 Å². The van der Waals surface area contributed by atoms with Crippen molar-refractivity contribution in [2.45, 2.75) is 25.4 Å². The molecule has 132 valence electrons. The van der Waals surface area contributed by atoms with Crippen LogP contribution in [0.5, 0.6) is 0 Å². The van der Waals surface area contributed by atoms with Gasteiger partial charge in [0.1, 0.15) is 5.76 Å². The van der Waals surface area contributed by atoms with Crippen molar-refractivity contribution in [1.82, 2.24) is 15.5 Å². The average Bonchev–Trinajstić information content (AvgIpc) is 3.34. The van der Waals surface area contributed by atoms with E-state index in [4.69, 9.17) is 4.42 Å². The molecule has 1 aliphatic rings. The van der Waals surface area contributed by atoms with E-state index in [9.17, 15) is 0 Å². The highest BCUT2D eigenvalue weighted by molar-refractivity contribution is 14.0. The van der Waals surface area contributed by atoms with E-state index < -0.39 is 0 Å². The summed E-state index contributed by atoms with van der Waals surface area (Å²) >= 11 is 1.71. The van der Waals surface area contributed by atoms with Crippen LogP contribution in [0.2, 0.25) is 0 Å². The highest BCUT2D eigenvalue weighted by Crippen LogP contribution is 2.24. The third-order valence-corrected chi connectivity index (χ3v) is 4.91. The van der Waals surface area contributed by atoms with Gasteiger partial charge in [0.2, 0.25) is 0 Å². The Balaban J connectivity index is 0.00000208. The maximum absolute atomic E-state index is 5.65. The lowest BCUT2D eigenvalue weighted by Gasteiger charge is -2.26. The topological polar surface area (TPSA) is 52.8 Å². The molecule has 1 unspecified atom stereocenters. The first-order valence-electron chi connectivity index (χ1n) is 8.10. The number of halogens is 1. The van der Waals surface area contributed by atoms with Crippen LogP contribution in [0, 0.1) is 0 Å². The molecule has 2 aromatic heterocycles. The Hall–Kier alpha value is -1.06. The van der Waals surface area contributed by atoms with Crippen molar-refractivity contribution in [2.24, 2.45) is 4.99 Å². The molecule has 1 atom stereocenters. The lowest BCUT2D eigenvalue weighted by atomic mass is 10.2. The van der Waals surface area contributed by atoms with E-state index in [1.54, 1.807) is 24.6 Å². The molecule has 1 saturated heterocycles. The van der Waals surface area contributed by atoms with Gasteiger partial charge in [-0.3, -0.25) is 9.89 Å². The summed E-state index contributed by atoms with van der Waals surface area (Å²) in [6.07, 6.45) is 4.28. The summed E-state index contributed by atoms with van der Waals surface area (Å²) in [6.45, 7) is 3.84. The smallest absolute Gasteiger partial charge is 0.191 e. The Kier molecular flexibility index (Phi) is 8.07. The van der Waals surface area contributed by atoms with Gasteiger partial charge in [-0.05, 0) is 60.5 Å². The molecule has 0 spiro atoms. The molecule has 0 aliphatic carbocycles. The number of hydrogen-bond donors (Lipinski definition) is 2. The van der Waals surface area contributed by atoms with E-state index >= 15 is 0 Å². The van der Waals surface area contributed by atoms with E-state index in [0.717, 1.165) is 37.9 Å². The van der Waals surface area contributed by atoms with Crippen LogP contribution in [0.1, 0.15) is 30.2 Å². The molecular weight excluding hydrogens is 435 g/mol. The van der Waals surface area contributed by atoms with Gasteiger partial charge < -0.3 is 15.1 Å². The molecule has 3 heterocycles. The summed E-state index contributed by atoms with van der Waals surface area (Å²) in [4.78, 5) is 6.80. The van der Waals surface area contributed by atoms with Crippen LogP contribution >= 0.6 is 35.3 Å². The SMILES string of the molecule is CN=C(NCc1ccsc1)NCC(c1ccco1)N1CCCC1.I. The third kappa shape index (κ3) is 5.22. The fourth-order valence-corrected chi connectivity index (χ4v) is 3.61. The first kappa shape index (κ1) is 19.3. The average molecular weight is 460 g/mol. The summed E-state index contributed by atoms with van der Waals surface area (Å²) in [5, 5.41) is 11.0. The van der Waals surface area contributed by atoms with Crippen molar-refractivity contribution < 1.29 is 4.42 Å². The normalized spacial score (nSPS) is 16.6. The van der Waals surface area contributed by atoms with Crippen LogP contribution in [0.15, 0.2) is 44.6 Å². The highest BCUT2D eigenvalue weighted by atomic mass is 127. The van der Waals surface area contributed by atoms with Gasteiger partial charge in [-0.2, -0.15) is 11.3 Å². The number of nitrogens with zero attached hydrogens (tertiary/aromatic N) is 2. The van der Waals surface area contributed by atoms with Crippen LogP contribution < -0.4 is 10.6 Å². The van der Waals surface area contributed by atoms with Gasteiger partial charge in [0.15, 0.2) is 5.96 Å². The Bertz CT molecular complexity index is 594. The highest BCUT2D eigenvalue weighted by Gasteiger charge is 2.25.